The van der Waals surface area contributed by atoms with E-state index in [2.05, 4.69) is 216 Å². The summed E-state index contributed by atoms with van der Waals surface area (Å²) < 4.78 is 2.37. The molecule has 2 nitrogen and oxygen atoms in total. The molecule has 2 heteroatoms. The number of hydrogen-bond donors (Lipinski definition) is 0. The van der Waals surface area contributed by atoms with Gasteiger partial charge in [0.05, 0.1) is 11.0 Å². The number of rotatable bonds is 6. The molecule has 0 saturated carbocycles. The van der Waals surface area contributed by atoms with Gasteiger partial charge in [0, 0.05) is 33.5 Å². The third-order valence-corrected chi connectivity index (χ3v) is 10.4. The van der Waals surface area contributed by atoms with E-state index in [4.69, 9.17) is 0 Å². The zero-order valence-electron chi connectivity index (χ0n) is 28.5. The van der Waals surface area contributed by atoms with Crippen LogP contribution in [0, 0.1) is 0 Å². The second-order valence-corrected chi connectivity index (χ2v) is 13.3. The molecule has 1 aromatic heterocycles. The number of benzene rings is 9. The van der Waals surface area contributed by atoms with E-state index in [1.807, 2.05) is 0 Å². The molecule has 0 saturated heterocycles. The number of nitrogens with zero attached hydrogens (tertiary/aromatic N) is 2. The van der Waals surface area contributed by atoms with E-state index in [-0.39, 0.29) is 0 Å². The Morgan fingerprint density at radius 1 is 0.288 bits per heavy atom. The summed E-state index contributed by atoms with van der Waals surface area (Å²) in [6.07, 6.45) is 0. The molecular formula is C50H34N2. The summed E-state index contributed by atoms with van der Waals surface area (Å²) in [6, 6.07) is 74.6. The Morgan fingerprint density at radius 2 is 0.692 bits per heavy atom. The first-order chi connectivity index (χ1) is 25.8. The van der Waals surface area contributed by atoms with Crippen LogP contribution in [0.5, 0.6) is 0 Å². The van der Waals surface area contributed by atoms with E-state index in [0.29, 0.717) is 0 Å². The highest BCUT2D eigenvalue weighted by Crippen LogP contribution is 2.46. The van der Waals surface area contributed by atoms with Crippen LogP contribution in [0.2, 0.25) is 0 Å². The van der Waals surface area contributed by atoms with Crippen LogP contribution in [0.3, 0.4) is 0 Å². The Labute approximate surface area is 303 Å². The van der Waals surface area contributed by atoms with Crippen molar-refractivity contribution in [2.75, 3.05) is 4.90 Å². The molecule has 52 heavy (non-hydrogen) atoms. The monoisotopic (exact) mass is 662 g/mol. The smallest absolute Gasteiger partial charge is 0.0541 e. The lowest BCUT2D eigenvalue weighted by Gasteiger charge is -2.27. The number of para-hydroxylation sites is 3. The van der Waals surface area contributed by atoms with Crippen LogP contribution in [0.25, 0.3) is 71.3 Å². The van der Waals surface area contributed by atoms with Gasteiger partial charge in [-0.15, -0.1) is 0 Å². The first kappa shape index (κ1) is 30.0. The van der Waals surface area contributed by atoms with Gasteiger partial charge in [-0.05, 0) is 104 Å². The molecule has 244 valence electrons. The van der Waals surface area contributed by atoms with Crippen molar-refractivity contribution in [2.45, 2.75) is 0 Å². The molecule has 10 rings (SSSR count). The summed E-state index contributed by atoms with van der Waals surface area (Å²) in [7, 11) is 0. The summed E-state index contributed by atoms with van der Waals surface area (Å²) >= 11 is 0. The van der Waals surface area contributed by atoms with Gasteiger partial charge in [0.2, 0.25) is 0 Å². The normalized spacial score (nSPS) is 11.5. The van der Waals surface area contributed by atoms with Crippen LogP contribution < -0.4 is 4.90 Å². The second kappa shape index (κ2) is 12.5. The maximum absolute atomic E-state index is 2.39. The lowest BCUT2D eigenvalue weighted by atomic mass is 9.85. The van der Waals surface area contributed by atoms with Gasteiger partial charge >= 0.3 is 0 Å². The van der Waals surface area contributed by atoms with E-state index in [0.717, 1.165) is 22.7 Å². The average molecular weight is 663 g/mol. The Balaban J connectivity index is 1.20. The maximum Gasteiger partial charge on any atom is 0.0541 e. The van der Waals surface area contributed by atoms with Gasteiger partial charge in [-0.1, -0.05) is 146 Å². The molecule has 0 spiro atoms. The zero-order valence-corrected chi connectivity index (χ0v) is 28.5. The number of fused-ring (bicyclic) bond motifs is 5. The summed E-state index contributed by atoms with van der Waals surface area (Å²) in [6.45, 7) is 0. The minimum atomic E-state index is 1.10. The molecule has 0 unspecified atom stereocenters. The number of aromatic nitrogens is 1. The predicted octanol–water partition coefficient (Wildman–Crippen LogP) is 13.9. The summed E-state index contributed by atoms with van der Waals surface area (Å²) in [5.74, 6) is 0. The fourth-order valence-corrected chi connectivity index (χ4v) is 8.11. The Kier molecular flexibility index (Phi) is 7.18. The lowest BCUT2D eigenvalue weighted by molar-refractivity contribution is 1.17. The van der Waals surface area contributed by atoms with Crippen molar-refractivity contribution in [1.29, 1.82) is 0 Å². The van der Waals surface area contributed by atoms with Crippen LogP contribution in [-0.4, -0.2) is 4.57 Å². The van der Waals surface area contributed by atoms with Crippen molar-refractivity contribution in [2.24, 2.45) is 0 Å². The van der Waals surface area contributed by atoms with Crippen molar-refractivity contribution >= 4 is 60.4 Å². The van der Waals surface area contributed by atoms with E-state index in [9.17, 15) is 0 Å². The van der Waals surface area contributed by atoms with Crippen molar-refractivity contribution in [1.82, 2.24) is 4.57 Å². The highest BCUT2D eigenvalue weighted by atomic mass is 15.1. The molecule has 0 atom stereocenters. The molecule has 0 N–H and O–H groups in total. The van der Waals surface area contributed by atoms with Gasteiger partial charge in [0.1, 0.15) is 0 Å². The topological polar surface area (TPSA) is 8.17 Å². The number of hydrogen-bond acceptors (Lipinski definition) is 1. The Morgan fingerprint density at radius 3 is 1.25 bits per heavy atom. The maximum atomic E-state index is 2.39. The van der Waals surface area contributed by atoms with Gasteiger partial charge < -0.3 is 9.47 Å². The first-order valence-electron chi connectivity index (χ1n) is 17.9. The number of anilines is 3. The highest BCUT2D eigenvalue weighted by molar-refractivity contribution is 6.22. The zero-order chi connectivity index (χ0) is 34.4. The summed E-state index contributed by atoms with van der Waals surface area (Å²) in [5, 5.41) is 7.50. The molecule has 10 aromatic rings. The molecule has 0 aliphatic heterocycles. The third kappa shape index (κ3) is 4.88. The largest absolute Gasteiger partial charge is 0.310 e. The predicted molar refractivity (Wildman–Crippen MR) is 221 cm³/mol. The molecule has 9 aromatic carbocycles. The van der Waals surface area contributed by atoms with Gasteiger partial charge in [0.15, 0.2) is 0 Å². The minimum absolute atomic E-state index is 1.10. The van der Waals surface area contributed by atoms with Crippen LogP contribution in [0.1, 0.15) is 0 Å². The SMILES string of the molecule is c1ccc(-c2c3ccccc3c(-c3ccccc3)c3cc(N(c4ccccc4)c4ccc(-n5c6ccccc6c6ccccc65)cc4)ccc23)cc1. The molecule has 0 fully saturated rings. The minimum Gasteiger partial charge on any atom is -0.310 e. The van der Waals surface area contributed by atoms with E-state index in [1.165, 1.54) is 65.6 Å². The van der Waals surface area contributed by atoms with Crippen LogP contribution in [0.4, 0.5) is 17.1 Å². The van der Waals surface area contributed by atoms with Crippen LogP contribution in [-0.2, 0) is 0 Å². The first-order valence-corrected chi connectivity index (χ1v) is 17.9. The van der Waals surface area contributed by atoms with Crippen LogP contribution in [0.15, 0.2) is 206 Å². The van der Waals surface area contributed by atoms with Crippen LogP contribution >= 0.6 is 0 Å². The fraction of sp³-hybridized carbons (Fsp3) is 0. The quantitative estimate of drug-likeness (QED) is 0.161. The molecule has 0 radical (unpaired) electrons. The lowest BCUT2D eigenvalue weighted by Crippen LogP contribution is -2.10. The Hall–Kier alpha value is -6.90. The Bertz CT molecular complexity index is 2820. The van der Waals surface area contributed by atoms with Crippen molar-refractivity contribution in [3.63, 3.8) is 0 Å². The van der Waals surface area contributed by atoms with Gasteiger partial charge in [-0.25, -0.2) is 0 Å². The highest BCUT2D eigenvalue weighted by Gasteiger charge is 2.20. The molecule has 0 aliphatic carbocycles. The van der Waals surface area contributed by atoms with Gasteiger partial charge in [-0.3, -0.25) is 0 Å². The van der Waals surface area contributed by atoms with Gasteiger partial charge in [-0.2, -0.15) is 0 Å². The van der Waals surface area contributed by atoms with Gasteiger partial charge in [0.25, 0.3) is 0 Å². The molecule has 0 amide bonds. The molecule has 0 bridgehead atoms. The van der Waals surface area contributed by atoms with E-state index >= 15 is 0 Å². The van der Waals surface area contributed by atoms with E-state index < -0.39 is 0 Å². The average Bonchev–Trinajstić information content (AvgIpc) is 3.56. The molecular weight excluding hydrogens is 629 g/mol. The van der Waals surface area contributed by atoms with Crippen molar-refractivity contribution in [3.05, 3.63) is 206 Å². The second-order valence-electron chi connectivity index (χ2n) is 13.3. The summed E-state index contributed by atoms with van der Waals surface area (Å²) in [4.78, 5) is 2.38. The fourth-order valence-electron chi connectivity index (χ4n) is 8.11. The van der Waals surface area contributed by atoms with E-state index in [1.54, 1.807) is 0 Å². The third-order valence-electron chi connectivity index (χ3n) is 10.4. The van der Waals surface area contributed by atoms with Crippen molar-refractivity contribution < 1.29 is 0 Å². The molecule has 1 heterocycles. The summed E-state index contributed by atoms with van der Waals surface area (Å²) in [5.41, 5.74) is 11.8. The van der Waals surface area contributed by atoms with Crippen molar-refractivity contribution in [3.8, 4) is 27.9 Å². The molecule has 0 aliphatic rings. The standard InChI is InChI=1S/C50H34N2/c1-4-16-35(17-5-1)49-43-24-10-11-25-44(43)50(36-18-6-2-7-19-36)46-34-40(32-33-45(46)49)51(37-20-8-3-9-21-37)38-28-30-39(31-29-38)52-47-26-14-12-22-41(47)42-23-13-15-27-48(42)52/h1-34H.